The summed E-state index contributed by atoms with van der Waals surface area (Å²) < 4.78 is 14.8. The molecule has 0 atom stereocenters. The Morgan fingerprint density at radius 1 is 1.29 bits per heavy atom. The summed E-state index contributed by atoms with van der Waals surface area (Å²) in [6.45, 7) is 10.7. The van der Waals surface area contributed by atoms with Crippen molar-refractivity contribution in [1.82, 2.24) is 9.55 Å². The van der Waals surface area contributed by atoms with Gasteiger partial charge in [-0.3, -0.25) is 4.57 Å². The lowest BCUT2D eigenvalue weighted by atomic mass is 10.3. The second-order valence-corrected chi connectivity index (χ2v) is 11.4. The van der Waals surface area contributed by atoms with Crippen molar-refractivity contribution in [3.8, 4) is 0 Å². The van der Waals surface area contributed by atoms with Gasteiger partial charge in [-0.1, -0.05) is 36.7 Å². The molecule has 2 aromatic rings. The Bertz CT molecular complexity index is 693. The summed E-state index contributed by atoms with van der Waals surface area (Å²) >= 11 is 3.57. The van der Waals surface area contributed by atoms with Gasteiger partial charge in [0.25, 0.3) is 0 Å². The quantitative estimate of drug-likeness (QED) is 0.559. The molecule has 24 heavy (non-hydrogen) atoms. The number of morpholine rings is 1. The van der Waals surface area contributed by atoms with Crippen molar-refractivity contribution in [1.29, 1.82) is 0 Å². The van der Waals surface area contributed by atoms with E-state index in [1.165, 1.54) is 0 Å². The Morgan fingerprint density at radius 2 is 2.04 bits per heavy atom. The van der Waals surface area contributed by atoms with E-state index in [-0.39, 0.29) is 9.52 Å². The molecule has 0 radical (unpaired) electrons. The van der Waals surface area contributed by atoms with E-state index in [2.05, 4.69) is 58.3 Å². The summed E-state index contributed by atoms with van der Waals surface area (Å²) in [5, 5.41) is 0.424. The predicted molar refractivity (Wildman–Crippen MR) is 105 cm³/mol. The van der Waals surface area contributed by atoms with Crippen molar-refractivity contribution in [3.63, 3.8) is 0 Å². The minimum absolute atomic E-state index is 0.243. The number of hydrogen-bond acceptors (Lipinski definition) is 4. The van der Waals surface area contributed by atoms with E-state index >= 15 is 0 Å². The molecule has 1 aliphatic heterocycles. The van der Waals surface area contributed by atoms with Crippen LogP contribution in [0.1, 0.15) is 20.8 Å². The third kappa shape index (κ3) is 4.39. The van der Waals surface area contributed by atoms with Crippen LogP contribution in [0.15, 0.2) is 22.7 Å². The molecule has 132 valence electrons. The van der Waals surface area contributed by atoms with Gasteiger partial charge >= 0.3 is 0 Å². The Morgan fingerprint density at radius 3 is 2.75 bits per heavy atom. The van der Waals surface area contributed by atoms with Gasteiger partial charge in [-0.05, 0) is 23.2 Å². The third-order valence-electron chi connectivity index (χ3n) is 4.20. The van der Waals surface area contributed by atoms with Gasteiger partial charge in [0.1, 0.15) is 6.73 Å². The SMILES string of the molecule is CC(C)(C)[SiH2]COCn1c(N2CCOCC2)nc2ccc(Br)cc21. The molecule has 1 fully saturated rings. The molecule has 0 unspecified atom stereocenters. The average Bonchev–Trinajstić information content (AvgIpc) is 2.89. The van der Waals surface area contributed by atoms with Gasteiger partial charge in [0, 0.05) is 23.8 Å². The molecule has 5 nitrogen and oxygen atoms in total. The zero-order valence-electron chi connectivity index (χ0n) is 14.7. The molecule has 0 bridgehead atoms. The van der Waals surface area contributed by atoms with Crippen LogP contribution in [-0.2, 0) is 16.2 Å². The predicted octanol–water partition coefficient (Wildman–Crippen LogP) is 2.95. The van der Waals surface area contributed by atoms with Crippen molar-refractivity contribution in [2.75, 3.05) is 37.4 Å². The summed E-state index contributed by atoms with van der Waals surface area (Å²) in [4.78, 5) is 7.14. The maximum Gasteiger partial charge on any atom is 0.208 e. The molecule has 0 saturated carbocycles. The lowest BCUT2D eigenvalue weighted by Crippen LogP contribution is -2.38. The van der Waals surface area contributed by atoms with Crippen LogP contribution in [0.3, 0.4) is 0 Å². The first-order chi connectivity index (χ1) is 11.4. The number of aromatic nitrogens is 2. The number of benzene rings is 1. The van der Waals surface area contributed by atoms with Gasteiger partial charge in [-0.25, -0.2) is 4.98 Å². The van der Waals surface area contributed by atoms with Gasteiger partial charge < -0.3 is 14.4 Å². The van der Waals surface area contributed by atoms with E-state index < -0.39 is 0 Å². The van der Waals surface area contributed by atoms with Crippen molar-refractivity contribution < 1.29 is 9.47 Å². The molecule has 1 aliphatic rings. The van der Waals surface area contributed by atoms with Gasteiger partial charge in [-0.2, -0.15) is 0 Å². The highest BCUT2D eigenvalue weighted by Gasteiger charge is 2.20. The van der Waals surface area contributed by atoms with Crippen LogP contribution in [0.2, 0.25) is 5.04 Å². The fourth-order valence-electron chi connectivity index (χ4n) is 2.75. The fraction of sp³-hybridized carbons (Fsp3) is 0.588. The summed E-state index contributed by atoms with van der Waals surface area (Å²) in [5.74, 6) is 0.990. The second-order valence-electron chi connectivity index (χ2n) is 7.42. The summed E-state index contributed by atoms with van der Waals surface area (Å²) in [7, 11) is -0.243. The molecule has 7 heteroatoms. The highest BCUT2D eigenvalue weighted by molar-refractivity contribution is 9.10. The molecule has 0 spiro atoms. The third-order valence-corrected chi connectivity index (χ3v) is 6.69. The normalized spacial score (nSPS) is 16.6. The minimum Gasteiger partial charge on any atom is -0.378 e. The fourth-order valence-corrected chi connectivity index (χ4v) is 3.98. The van der Waals surface area contributed by atoms with Gasteiger partial charge in [-0.15, -0.1) is 0 Å². The van der Waals surface area contributed by atoms with Gasteiger partial charge in [0.2, 0.25) is 5.95 Å². The van der Waals surface area contributed by atoms with Crippen LogP contribution in [0.4, 0.5) is 5.95 Å². The van der Waals surface area contributed by atoms with Gasteiger partial charge in [0.15, 0.2) is 0 Å². The number of imidazole rings is 1. The molecule has 1 saturated heterocycles. The van der Waals surface area contributed by atoms with Gasteiger partial charge in [0.05, 0.1) is 33.8 Å². The van der Waals surface area contributed by atoms with E-state index in [0.29, 0.717) is 11.8 Å². The van der Waals surface area contributed by atoms with Crippen molar-refractivity contribution in [3.05, 3.63) is 22.7 Å². The summed E-state index contributed by atoms with van der Waals surface area (Å²) in [6, 6.07) is 6.22. The summed E-state index contributed by atoms with van der Waals surface area (Å²) in [6.07, 6.45) is 0.889. The Hall–Kier alpha value is -0.893. The molecule has 0 aliphatic carbocycles. The van der Waals surface area contributed by atoms with Crippen molar-refractivity contribution >= 4 is 42.4 Å². The Balaban J connectivity index is 1.83. The largest absolute Gasteiger partial charge is 0.378 e. The molecule has 1 aromatic carbocycles. The molecule has 0 amide bonds. The highest BCUT2D eigenvalue weighted by atomic mass is 79.9. The number of fused-ring (bicyclic) bond motifs is 1. The van der Waals surface area contributed by atoms with Crippen LogP contribution in [0, 0.1) is 0 Å². The van der Waals surface area contributed by atoms with Crippen molar-refractivity contribution in [2.45, 2.75) is 32.5 Å². The van der Waals surface area contributed by atoms with E-state index in [9.17, 15) is 0 Å². The first kappa shape index (κ1) is 17.9. The molecular formula is C17H26BrN3O2Si. The topological polar surface area (TPSA) is 39.5 Å². The van der Waals surface area contributed by atoms with E-state index in [1.54, 1.807) is 0 Å². The Kier molecular flexibility index (Phi) is 5.64. The number of nitrogens with zero attached hydrogens (tertiary/aromatic N) is 3. The first-order valence-corrected chi connectivity index (χ1v) is 11.0. The molecule has 3 rings (SSSR count). The number of anilines is 1. The minimum atomic E-state index is -0.243. The maximum absolute atomic E-state index is 6.04. The zero-order valence-corrected chi connectivity index (χ0v) is 17.7. The van der Waals surface area contributed by atoms with Crippen LogP contribution in [-0.4, -0.2) is 51.6 Å². The summed E-state index contributed by atoms with van der Waals surface area (Å²) in [5.41, 5.74) is 2.12. The molecule has 0 N–H and O–H groups in total. The maximum atomic E-state index is 6.04. The Labute approximate surface area is 154 Å². The van der Waals surface area contributed by atoms with Crippen LogP contribution < -0.4 is 4.90 Å². The standard InChI is InChI=1S/C17H26BrN3O2Si/c1-17(2,3)24-12-23-11-21-15-10-13(18)4-5-14(15)19-16(21)20-6-8-22-9-7-20/h4-5,10H,6-9,11-12,24H2,1-3H3. The highest BCUT2D eigenvalue weighted by Crippen LogP contribution is 2.26. The molecule has 1 aromatic heterocycles. The first-order valence-electron chi connectivity index (χ1n) is 8.50. The van der Waals surface area contributed by atoms with Crippen molar-refractivity contribution in [2.24, 2.45) is 0 Å². The number of halogens is 1. The van der Waals surface area contributed by atoms with Crippen LogP contribution >= 0.6 is 15.9 Å². The lowest BCUT2D eigenvalue weighted by molar-refractivity contribution is 0.108. The number of ether oxygens (including phenoxy) is 2. The van der Waals surface area contributed by atoms with Crippen LogP contribution in [0.5, 0.6) is 0 Å². The van der Waals surface area contributed by atoms with E-state index in [4.69, 9.17) is 14.5 Å². The zero-order chi connectivity index (χ0) is 17.2. The smallest absolute Gasteiger partial charge is 0.208 e. The monoisotopic (exact) mass is 411 g/mol. The number of rotatable bonds is 5. The average molecular weight is 412 g/mol. The van der Waals surface area contributed by atoms with E-state index in [1.807, 2.05) is 6.07 Å². The molecule has 2 heterocycles. The van der Waals surface area contributed by atoms with Crippen LogP contribution in [0.25, 0.3) is 11.0 Å². The lowest BCUT2D eigenvalue weighted by Gasteiger charge is -2.28. The number of hydrogen-bond donors (Lipinski definition) is 0. The molecular weight excluding hydrogens is 386 g/mol. The second kappa shape index (κ2) is 7.55. The van der Waals surface area contributed by atoms with E-state index in [0.717, 1.165) is 54.0 Å².